The van der Waals surface area contributed by atoms with E-state index in [9.17, 15) is 13.2 Å². The maximum absolute atomic E-state index is 12.5. The summed E-state index contributed by atoms with van der Waals surface area (Å²) < 4.78 is 40.8. The fourth-order valence-corrected chi connectivity index (χ4v) is 3.09. The van der Waals surface area contributed by atoms with E-state index in [1.165, 1.54) is 5.56 Å². The molecule has 106 valence electrons. The second-order valence-electron chi connectivity index (χ2n) is 4.71. The van der Waals surface area contributed by atoms with Crippen molar-refractivity contribution in [3.8, 4) is 0 Å². The predicted octanol–water partition coefficient (Wildman–Crippen LogP) is 4.05. The predicted molar refractivity (Wildman–Crippen MR) is 70.7 cm³/mol. The molecule has 0 bridgehead atoms. The highest BCUT2D eigenvalue weighted by atomic mass is 32.1. The Labute approximate surface area is 118 Å². The van der Waals surface area contributed by atoms with Crippen molar-refractivity contribution in [1.82, 2.24) is 9.36 Å². The minimum Gasteiger partial charge on any atom is -0.353 e. The number of rotatable bonds is 2. The van der Waals surface area contributed by atoms with Crippen LogP contribution >= 0.6 is 11.5 Å². The van der Waals surface area contributed by atoms with Crippen LogP contribution in [-0.4, -0.2) is 9.36 Å². The van der Waals surface area contributed by atoms with Crippen LogP contribution in [0.4, 0.5) is 18.3 Å². The maximum Gasteiger partial charge on any atom is 0.452 e. The van der Waals surface area contributed by atoms with E-state index in [0.29, 0.717) is 0 Å². The van der Waals surface area contributed by atoms with Crippen molar-refractivity contribution in [2.75, 3.05) is 5.32 Å². The number of nitrogens with zero attached hydrogens (tertiary/aromatic N) is 2. The molecule has 1 heterocycles. The van der Waals surface area contributed by atoms with Gasteiger partial charge in [0.2, 0.25) is 11.0 Å². The van der Waals surface area contributed by atoms with E-state index < -0.39 is 12.0 Å². The van der Waals surface area contributed by atoms with Crippen molar-refractivity contribution in [3.63, 3.8) is 0 Å². The van der Waals surface area contributed by atoms with Crippen molar-refractivity contribution in [2.24, 2.45) is 0 Å². The Morgan fingerprint density at radius 1 is 1.25 bits per heavy atom. The van der Waals surface area contributed by atoms with E-state index in [1.54, 1.807) is 0 Å². The Balaban J connectivity index is 1.81. The average molecular weight is 299 g/mol. The van der Waals surface area contributed by atoms with Gasteiger partial charge >= 0.3 is 6.18 Å². The third kappa shape index (κ3) is 2.63. The number of fused-ring (bicyclic) bond motifs is 1. The smallest absolute Gasteiger partial charge is 0.353 e. The van der Waals surface area contributed by atoms with Crippen molar-refractivity contribution in [2.45, 2.75) is 31.5 Å². The number of aromatic nitrogens is 2. The summed E-state index contributed by atoms with van der Waals surface area (Å²) in [6, 6.07) is 8.00. The van der Waals surface area contributed by atoms with Crippen molar-refractivity contribution in [3.05, 3.63) is 41.2 Å². The number of hydrogen-bond acceptors (Lipinski definition) is 4. The van der Waals surface area contributed by atoms with Crippen LogP contribution in [0, 0.1) is 0 Å². The molecule has 1 aliphatic rings. The molecule has 1 unspecified atom stereocenters. The Bertz CT molecular complexity index is 609. The number of hydrogen-bond donors (Lipinski definition) is 1. The zero-order valence-electron chi connectivity index (χ0n) is 10.4. The van der Waals surface area contributed by atoms with E-state index >= 15 is 0 Å². The molecule has 0 spiro atoms. The summed E-state index contributed by atoms with van der Waals surface area (Å²) in [5.74, 6) is -1.07. The molecule has 0 saturated heterocycles. The van der Waals surface area contributed by atoms with Gasteiger partial charge in [0, 0.05) is 11.5 Å². The first-order valence-corrected chi connectivity index (χ1v) is 7.06. The van der Waals surface area contributed by atoms with Crippen molar-refractivity contribution in [1.29, 1.82) is 0 Å². The first kappa shape index (κ1) is 13.4. The molecule has 0 saturated carbocycles. The minimum absolute atomic E-state index is 0.00832. The van der Waals surface area contributed by atoms with Gasteiger partial charge in [-0.3, -0.25) is 0 Å². The van der Waals surface area contributed by atoms with Gasteiger partial charge in [-0.2, -0.15) is 22.5 Å². The Morgan fingerprint density at radius 2 is 2.05 bits per heavy atom. The molecule has 7 heteroatoms. The van der Waals surface area contributed by atoms with E-state index in [-0.39, 0.29) is 11.2 Å². The molecule has 3 nitrogen and oxygen atoms in total. The first-order chi connectivity index (χ1) is 9.54. The molecule has 0 amide bonds. The summed E-state index contributed by atoms with van der Waals surface area (Å²) >= 11 is 0.753. The first-order valence-electron chi connectivity index (χ1n) is 6.29. The Kier molecular flexibility index (Phi) is 3.37. The summed E-state index contributed by atoms with van der Waals surface area (Å²) in [6.07, 6.45) is -1.57. The molecule has 1 aliphatic carbocycles. The zero-order chi connectivity index (χ0) is 14.2. The second kappa shape index (κ2) is 5.05. The van der Waals surface area contributed by atoms with Crippen LogP contribution in [0.25, 0.3) is 0 Å². The standard InChI is InChI=1S/C13H12F3N3S/c14-13(15,16)11-18-12(20-19-11)17-10-7-3-5-8-4-1-2-6-9(8)10/h1-2,4,6,10H,3,5,7H2,(H,17,18,19). The second-order valence-corrected chi connectivity index (χ2v) is 5.46. The lowest BCUT2D eigenvalue weighted by Crippen LogP contribution is -2.17. The van der Waals surface area contributed by atoms with Gasteiger partial charge < -0.3 is 5.32 Å². The van der Waals surface area contributed by atoms with Gasteiger partial charge in [0.1, 0.15) is 0 Å². The summed E-state index contributed by atoms with van der Waals surface area (Å²) in [5.41, 5.74) is 2.39. The van der Waals surface area contributed by atoms with Gasteiger partial charge in [-0.05, 0) is 30.4 Å². The van der Waals surface area contributed by atoms with Crippen molar-refractivity contribution >= 4 is 16.7 Å². The topological polar surface area (TPSA) is 37.8 Å². The van der Waals surface area contributed by atoms with Gasteiger partial charge in [-0.25, -0.2) is 0 Å². The van der Waals surface area contributed by atoms with E-state index in [2.05, 4.69) is 20.7 Å². The quantitative estimate of drug-likeness (QED) is 0.909. The Morgan fingerprint density at radius 3 is 2.80 bits per heavy atom. The lowest BCUT2D eigenvalue weighted by Gasteiger charge is -2.25. The number of benzene rings is 1. The summed E-state index contributed by atoms with van der Waals surface area (Å²) in [4.78, 5) is 3.52. The summed E-state index contributed by atoms with van der Waals surface area (Å²) in [5, 5.41) is 3.30. The minimum atomic E-state index is -4.49. The van der Waals surface area contributed by atoms with Crippen LogP contribution in [0.2, 0.25) is 0 Å². The third-order valence-corrected chi connectivity index (χ3v) is 3.99. The normalized spacial score (nSPS) is 18.6. The van der Waals surface area contributed by atoms with E-state index in [1.807, 2.05) is 18.2 Å². The molecule has 1 aromatic heterocycles. The highest BCUT2D eigenvalue weighted by Gasteiger charge is 2.36. The number of nitrogens with one attached hydrogen (secondary N) is 1. The highest BCUT2D eigenvalue weighted by molar-refractivity contribution is 7.09. The van der Waals surface area contributed by atoms with Gasteiger partial charge in [0.05, 0.1) is 6.04 Å². The molecule has 3 rings (SSSR count). The molecule has 0 radical (unpaired) electrons. The van der Waals surface area contributed by atoms with Crippen molar-refractivity contribution < 1.29 is 13.2 Å². The molecule has 0 fully saturated rings. The summed E-state index contributed by atoms with van der Waals surface area (Å²) in [7, 11) is 0. The molecule has 20 heavy (non-hydrogen) atoms. The zero-order valence-corrected chi connectivity index (χ0v) is 11.3. The molecular formula is C13H12F3N3S. The van der Waals surface area contributed by atoms with Crippen LogP contribution in [0.15, 0.2) is 24.3 Å². The Hall–Kier alpha value is -1.63. The van der Waals surface area contributed by atoms with Gasteiger partial charge in [-0.15, -0.1) is 0 Å². The van der Waals surface area contributed by atoms with Gasteiger partial charge in [0.15, 0.2) is 0 Å². The maximum atomic E-state index is 12.5. The number of aryl methyl sites for hydroxylation is 1. The lowest BCUT2D eigenvalue weighted by molar-refractivity contribution is -0.144. The van der Waals surface area contributed by atoms with Crippen LogP contribution < -0.4 is 5.32 Å². The molecule has 2 aromatic rings. The molecule has 1 N–H and O–H groups in total. The molecule has 1 atom stereocenters. The molecule has 0 aliphatic heterocycles. The number of alkyl halides is 3. The fourth-order valence-electron chi connectivity index (χ4n) is 2.45. The van der Waals surface area contributed by atoms with E-state index in [4.69, 9.17) is 0 Å². The van der Waals surface area contributed by atoms with Gasteiger partial charge in [-0.1, -0.05) is 24.3 Å². The molecular weight excluding hydrogens is 287 g/mol. The largest absolute Gasteiger partial charge is 0.452 e. The van der Waals surface area contributed by atoms with Gasteiger partial charge in [0.25, 0.3) is 0 Å². The van der Waals surface area contributed by atoms with Crippen LogP contribution in [0.3, 0.4) is 0 Å². The molecule has 1 aromatic carbocycles. The van der Waals surface area contributed by atoms with Crippen LogP contribution in [0.1, 0.15) is 35.8 Å². The number of anilines is 1. The SMILES string of the molecule is FC(F)(F)c1nsc(NC2CCCc3ccccc32)n1. The monoisotopic (exact) mass is 299 g/mol. The summed E-state index contributed by atoms with van der Waals surface area (Å²) in [6.45, 7) is 0. The number of halogens is 3. The van der Waals surface area contributed by atoms with Crippen LogP contribution in [0.5, 0.6) is 0 Å². The average Bonchev–Trinajstić information content (AvgIpc) is 2.88. The van der Waals surface area contributed by atoms with Crippen LogP contribution in [-0.2, 0) is 12.6 Å². The lowest BCUT2D eigenvalue weighted by atomic mass is 9.88. The fraction of sp³-hybridized carbons (Fsp3) is 0.385. The highest BCUT2D eigenvalue weighted by Crippen LogP contribution is 2.34. The third-order valence-electron chi connectivity index (χ3n) is 3.35. The van der Waals surface area contributed by atoms with E-state index in [0.717, 1.165) is 36.4 Å².